The van der Waals surface area contributed by atoms with E-state index in [0.29, 0.717) is 0 Å². The number of nitrogens with zero attached hydrogens (tertiary/aromatic N) is 1. The molecule has 17 heavy (non-hydrogen) atoms. The summed E-state index contributed by atoms with van der Waals surface area (Å²) in [5.74, 6) is -1.09. The van der Waals surface area contributed by atoms with Gasteiger partial charge in [0.1, 0.15) is 0 Å². The number of hydrogen-bond acceptors (Lipinski definition) is 3. The Hall–Kier alpha value is -2.17. The Morgan fingerprint density at radius 3 is 2.24 bits per heavy atom. The number of hydrogen-bond donors (Lipinski definition) is 2. The van der Waals surface area contributed by atoms with Crippen LogP contribution in [0.15, 0.2) is 35.3 Å². The molecule has 1 fully saturated rings. The smallest absolute Gasteiger partial charge is 0.288 e. The molecule has 2 amide bonds. The number of aliphatic imine (C=N–C) groups is 1. The average Bonchev–Trinajstić information content (AvgIpc) is 2.67. The SMILES string of the molecule is CCC(N=C1NC(=O)C(=O)N1)c1ccccc1. The van der Waals surface area contributed by atoms with Crippen molar-refractivity contribution < 1.29 is 9.59 Å². The van der Waals surface area contributed by atoms with Crippen molar-refractivity contribution in [3.63, 3.8) is 0 Å². The van der Waals surface area contributed by atoms with Crippen LogP contribution >= 0.6 is 0 Å². The predicted octanol–water partition coefficient (Wildman–Crippen LogP) is 0.740. The van der Waals surface area contributed by atoms with E-state index in [4.69, 9.17) is 0 Å². The summed E-state index contributed by atoms with van der Waals surface area (Å²) in [5, 5.41) is 4.78. The number of rotatable bonds is 3. The largest absolute Gasteiger partial charge is 0.316 e. The molecule has 5 nitrogen and oxygen atoms in total. The van der Waals surface area contributed by atoms with Gasteiger partial charge in [-0.1, -0.05) is 37.3 Å². The van der Waals surface area contributed by atoms with E-state index < -0.39 is 11.8 Å². The lowest BCUT2D eigenvalue weighted by molar-refractivity contribution is -0.135. The molecule has 1 aromatic carbocycles. The van der Waals surface area contributed by atoms with Crippen molar-refractivity contribution in [1.82, 2.24) is 10.6 Å². The summed E-state index contributed by atoms with van der Waals surface area (Å²) in [6.07, 6.45) is 0.791. The molecule has 0 radical (unpaired) electrons. The van der Waals surface area contributed by atoms with Crippen LogP contribution in [0.2, 0.25) is 0 Å². The van der Waals surface area contributed by atoms with Crippen molar-refractivity contribution in [2.24, 2.45) is 4.99 Å². The highest BCUT2D eigenvalue weighted by molar-refractivity contribution is 6.45. The Morgan fingerprint density at radius 1 is 1.12 bits per heavy atom. The van der Waals surface area contributed by atoms with Crippen LogP contribution in [0.25, 0.3) is 0 Å². The number of carbonyl (C=O) groups is 2. The van der Waals surface area contributed by atoms with Gasteiger partial charge in [0, 0.05) is 0 Å². The van der Waals surface area contributed by atoms with Gasteiger partial charge in [0.2, 0.25) is 5.96 Å². The first kappa shape index (κ1) is 11.3. The third-order valence-corrected chi connectivity index (χ3v) is 2.53. The van der Waals surface area contributed by atoms with Gasteiger partial charge in [-0.15, -0.1) is 0 Å². The molecule has 0 aliphatic carbocycles. The first-order valence-electron chi connectivity index (χ1n) is 5.45. The fourth-order valence-corrected chi connectivity index (χ4v) is 1.66. The van der Waals surface area contributed by atoms with E-state index >= 15 is 0 Å². The van der Waals surface area contributed by atoms with Gasteiger partial charge in [-0.3, -0.25) is 20.2 Å². The van der Waals surface area contributed by atoms with Crippen molar-refractivity contribution >= 4 is 17.8 Å². The fourth-order valence-electron chi connectivity index (χ4n) is 1.66. The Labute approximate surface area is 98.9 Å². The van der Waals surface area contributed by atoms with Crippen LogP contribution < -0.4 is 10.6 Å². The zero-order valence-corrected chi connectivity index (χ0v) is 9.43. The zero-order chi connectivity index (χ0) is 12.3. The van der Waals surface area contributed by atoms with Crippen molar-refractivity contribution in [3.05, 3.63) is 35.9 Å². The van der Waals surface area contributed by atoms with Crippen LogP contribution in [-0.2, 0) is 9.59 Å². The summed E-state index contributed by atoms with van der Waals surface area (Å²) in [4.78, 5) is 26.3. The lowest BCUT2D eigenvalue weighted by Gasteiger charge is -2.10. The maximum atomic E-state index is 11.0. The standard InChI is InChI=1S/C12H13N3O2/c1-2-9(8-6-4-3-5-7-8)13-12-14-10(16)11(17)15-12/h3-7,9H,2H2,1H3,(H2,13,14,15,16,17). The minimum absolute atomic E-state index is 0.0649. The summed E-state index contributed by atoms with van der Waals surface area (Å²) in [6.45, 7) is 2.00. The molecule has 1 aromatic rings. The Morgan fingerprint density at radius 2 is 1.71 bits per heavy atom. The molecule has 1 aliphatic rings. The van der Waals surface area contributed by atoms with Gasteiger partial charge in [0.15, 0.2) is 0 Å². The Bertz CT molecular complexity index is 450. The number of guanidine groups is 1. The van der Waals surface area contributed by atoms with Crippen molar-refractivity contribution in [2.45, 2.75) is 19.4 Å². The monoisotopic (exact) mass is 231 g/mol. The van der Waals surface area contributed by atoms with Gasteiger partial charge in [0.25, 0.3) is 0 Å². The molecule has 1 unspecified atom stereocenters. The van der Waals surface area contributed by atoms with E-state index in [1.165, 1.54) is 0 Å². The Kier molecular flexibility index (Phi) is 3.18. The van der Waals surface area contributed by atoms with E-state index in [2.05, 4.69) is 15.6 Å². The molecule has 0 spiro atoms. The molecule has 5 heteroatoms. The highest BCUT2D eigenvalue weighted by atomic mass is 16.2. The van der Waals surface area contributed by atoms with Crippen LogP contribution in [0, 0.1) is 0 Å². The lowest BCUT2D eigenvalue weighted by atomic mass is 10.1. The van der Waals surface area contributed by atoms with Gasteiger partial charge in [-0.25, -0.2) is 4.99 Å². The summed E-state index contributed by atoms with van der Waals surface area (Å²) < 4.78 is 0. The zero-order valence-electron chi connectivity index (χ0n) is 9.43. The maximum absolute atomic E-state index is 11.0. The summed E-state index contributed by atoms with van der Waals surface area (Å²) >= 11 is 0. The predicted molar refractivity (Wildman–Crippen MR) is 63.2 cm³/mol. The third-order valence-electron chi connectivity index (χ3n) is 2.53. The van der Waals surface area contributed by atoms with Crippen LogP contribution in [0.4, 0.5) is 0 Å². The molecular formula is C12H13N3O2. The van der Waals surface area contributed by atoms with Gasteiger partial charge >= 0.3 is 11.8 Å². The summed E-state index contributed by atoms with van der Waals surface area (Å²) in [7, 11) is 0. The molecule has 1 saturated heterocycles. The second-order valence-corrected chi connectivity index (χ2v) is 3.72. The van der Waals surface area contributed by atoms with Gasteiger partial charge < -0.3 is 0 Å². The second kappa shape index (κ2) is 4.78. The van der Waals surface area contributed by atoms with Crippen LogP contribution in [0.1, 0.15) is 24.9 Å². The van der Waals surface area contributed by atoms with E-state index in [1.807, 2.05) is 37.3 Å². The highest BCUT2D eigenvalue weighted by Gasteiger charge is 2.26. The minimum atomic E-state index is -0.660. The van der Waals surface area contributed by atoms with E-state index in [9.17, 15) is 9.59 Å². The average molecular weight is 231 g/mol. The molecular weight excluding hydrogens is 218 g/mol. The molecule has 0 bridgehead atoms. The lowest BCUT2D eigenvalue weighted by Crippen LogP contribution is -2.26. The summed E-state index contributed by atoms with van der Waals surface area (Å²) in [6, 6.07) is 9.68. The number of amides is 2. The first-order valence-corrected chi connectivity index (χ1v) is 5.45. The maximum Gasteiger partial charge on any atom is 0.316 e. The van der Waals surface area contributed by atoms with E-state index in [1.54, 1.807) is 0 Å². The molecule has 2 rings (SSSR count). The third kappa shape index (κ3) is 2.50. The van der Waals surface area contributed by atoms with Gasteiger partial charge in [-0.05, 0) is 12.0 Å². The first-order chi connectivity index (χ1) is 8.20. The number of carbonyl (C=O) groups excluding carboxylic acids is 2. The van der Waals surface area contributed by atoms with E-state index in [-0.39, 0.29) is 12.0 Å². The van der Waals surface area contributed by atoms with Crippen molar-refractivity contribution in [1.29, 1.82) is 0 Å². The molecule has 1 atom stereocenters. The second-order valence-electron chi connectivity index (χ2n) is 3.72. The molecule has 1 aliphatic heterocycles. The van der Waals surface area contributed by atoms with Crippen LogP contribution in [0.5, 0.6) is 0 Å². The van der Waals surface area contributed by atoms with Gasteiger partial charge in [0.05, 0.1) is 6.04 Å². The highest BCUT2D eigenvalue weighted by Crippen LogP contribution is 2.20. The van der Waals surface area contributed by atoms with Crippen LogP contribution in [0.3, 0.4) is 0 Å². The molecule has 0 aromatic heterocycles. The minimum Gasteiger partial charge on any atom is -0.288 e. The Balaban J connectivity index is 2.19. The van der Waals surface area contributed by atoms with Crippen LogP contribution in [-0.4, -0.2) is 17.8 Å². The number of nitrogens with one attached hydrogen (secondary N) is 2. The summed E-state index contributed by atoms with van der Waals surface area (Å²) in [5.41, 5.74) is 1.05. The normalized spacial score (nSPS) is 16.4. The van der Waals surface area contributed by atoms with Gasteiger partial charge in [-0.2, -0.15) is 0 Å². The number of benzene rings is 1. The molecule has 88 valence electrons. The quantitative estimate of drug-likeness (QED) is 0.753. The molecule has 0 saturated carbocycles. The van der Waals surface area contributed by atoms with Crippen molar-refractivity contribution in [3.8, 4) is 0 Å². The van der Waals surface area contributed by atoms with Crippen molar-refractivity contribution in [2.75, 3.05) is 0 Å². The topological polar surface area (TPSA) is 70.6 Å². The van der Waals surface area contributed by atoms with E-state index in [0.717, 1.165) is 12.0 Å². The fraction of sp³-hybridized carbons (Fsp3) is 0.250. The molecule has 1 heterocycles. The molecule has 2 N–H and O–H groups in total.